The third-order valence-corrected chi connectivity index (χ3v) is 9.72. The number of para-hydroxylation sites is 3. The molecule has 8 bridgehead atoms. The van der Waals surface area contributed by atoms with Crippen molar-refractivity contribution in [1.29, 1.82) is 0 Å². The first-order chi connectivity index (χ1) is 24.9. The maximum Gasteiger partial charge on any atom is 0.185 e. The molecule has 260 valence electrons. The third kappa shape index (κ3) is 7.36. The molecule has 7 rings (SSSR count). The van der Waals surface area contributed by atoms with Crippen molar-refractivity contribution in [2.45, 2.75) is 65.2 Å². The predicted molar refractivity (Wildman–Crippen MR) is 201 cm³/mol. The standard InChI is InChI=1S/C45H44O6/c1-3-18-50-44-34-11-6-13-36(44)26-38-22-29(21-32-16-17-33(42(32)47)28-40-15-8-20-49-40)23-39(43(38)48)27-37-14-7-12-35(45(37)51-19-4-2)25-31-10-5-9-30(24-34)41(31)46/h5-15,20-23,28,46,48H,3-4,16-19,24-27H2,1-2H3/b32-21+,33-28+. The number of hydrogen-bond acceptors (Lipinski definition) is 6. The molecule has 5 aromatic rings. The number of hydrogen-bond donors (Lipinski definition) is 2. The molecule has 6 nitrogen and oxygen atoms in total. The molecule has 0 amide bonds. The molecule has 6 heteroatoms. The van der Waals surface area contributed by atoms with Gasteiger partial charge >= 0.3 is 0 Å². The van der Waals surface area contributed by atoms with E-state index < -0.39 is 0 Å². The lowest BCUT2D eigenvalue weighted by molar-refractivity contribution is -0.111. The minimum Gasteiger partial charge on any atom is -0.507 e. The number of allylic oxidation sites excluding steroid dienone is 2. The largest absolute Gasteiger partial charge is 0.507 e. The number of ketones is 1. The number of Topliss-reactive ketones (excluding diaryl/α,β-unsaturated/α-hetero) is 1. The number of fused-ring (bicyclic) bond motifs is 8. The van der Waals surface area contributed by atoms with E-state index in [0.717, 1.165) is 85.6 Å². The van der Waals surface area contributed by atoms with Gasteiger partial charge in [0.1, 0.15) is 28.8 Å². The Morgan fingerprint density at radius 2 is 1.06 bits per heavy atom. The summed E-state index contributed by atoms with van der Waals surface area (Å²) in [6.45, 7) is 5.25. The molecule has 0 spiro atoms. The maximum atomic E-state index is 13.5. The number of aromatic hydroxyl groups is 2. The summed E-state index contributed by atoms with van der Waals surface area (Å²) in [7, 11) is 0. The summed E-state index contributed by atoms with van der Waals surface area (Å²) in [5.41, 5.74) is 9.32. The smallest absolute Gasteiger partial charge is 0.185 e. The highest BCUT2D eigenvalue weighted by Crippen LogP contribution is 2.39. The molecule has 51 heavy (non-hydrogen) atoms. The highest BCUT2D eigenvalue weighted by atomic mass is 16.5. The molecule has 0 unspecified atom stereocenters. The number of rotatable bonds is 8. The van der Waals surface area contributed by atoms with Crippen molar-refractivity contribution in [3.05, 3.63) is 152 Å². The number of phenols is 2. The zero-order valence-corrected chi connectivity index (χ0v) is 29.3. The van der Waals surface area contributed by atoms with Gasteiger partial charge in [0.2, 0.25) is 0 Å². The zero-order chi connectivity index (χ0) is 35.3. The van der Waals surface area contributed by atoms with Crippen molar-refractivity contribution in [2.24, 2.45) is 0 Å². The van der Waals surface area contributed by atoms with E-state index in [2.05, 4.69) is 26.0 Å². The van der Waals surface area contributed by atoms with Gasteiger partial charge < -0.3 is 24.1 Å². The van der Waals surface area contributed by atoms with E-state index in [4.69, 9.17) is 13.9 Å². The Kier molecular flexibility index (Phi) is 10.1. The van der Waals surface area contributed by atoms with Crippen LogP contribution in [-0.2, 0) is 30.5 Å². The van der Waals surface area contributed by atoms with Crippen LogP contribution in [0.15, 0.2) is 101 Å². The van der Waals surface area contributed by atoms with E-state index in [1.165, 1.54) is 0 Å². The van der Waals surface area contributed by atoms with Crippen LogP contribution in [0.2, 0.25) is 0 Å². The molecule has 0 saturated heterocycles. The molecule has 1 heterocycles. The van der Waals surface area contributed by atoms with Gasteiger partial charge in [0.05, 0.1) is 19.5 Å². The molecule has 1 saturated carbocycles. The van der Waals surface area contributed by atoms with E-state index in [1.807, 2.05) is 78.9 Å². The highest BCUT2D eigenvalue weighted by molar-refractivity contribution is 6.15. The molecule has 4 aromatic carbocycles. The van der Waals surface area contributed by atoms with Crippen molar-refractivity contribution in [3.63, 3.8) is 0 Å². The Hall–Kier alpha value is -5.49. The lowest BCUT2D eigenvalue weighted by atomic mass is 9.90. The van der Waals surface area contributed by atoms with Gasteiger partial charge in [0.25, 0.3) is 0 Å². The molecular formula is C45H44O6. The van der Waals surface area contributed by atoms with Gasteiger partial charge in [-0.3, -0.25) is 4.79 Å². The number of ether oxygens (including phenoxy) is 2. The van der Waals surface area contributed by atoms with Crippen LogP contribution in [0.5, 0.6) is 23.0 Å². The fourth-order valence-electron chi connectivity index (χ4n) is 7.23. The molecule has 0 aliphatic heterocycles. The molecule has 0 atom stereocenters. The first kappa shape index (κ1) is 34.0. The monoisotopic (exact) mass is 680 g/mol. The van der Waals surface area contributed by atoms with Crippen molar-refractivity contribution in [2.75, 3.05) is 13.2 Å². The molecular weight excluding hydrogens is 636 g/mol. The summed E-state index contributed by atoms with van der Waals surface area (Å²) in [5.74, 6) is 2.76. The average molecular weight is 681 g/mol. The lowest BCUT2D eigenvalue weighted by Crippen LogP contribution is -2.07. The second-order valence-electron chi connectivity index (χ2n) is 13.5. The Morgan fingerprint density at radius 1 is 0.608 bits per heavy atom. The first-order valence-electron chi connectivity index (χ1n) is 18.0. The van der Waals surface area contributed by atoms with Gasteiger partial charge in [-0.15, -0.1) is 0 Å². The fraction of sp³-hybridized carbons (Fsp3) is 0.267. The van der Waals surface area contributed by atoms with Gasteiger partial charge in [-0.1, -0.05) is 68.4 Å². The fourth-order valence-corrected chi connectivity index (χ4v) is 7.23. The van der Waals surface area contributed by atoms with Crippen molar-refractivity contribution >= 4 is 17.9 Å². The van der Waals surface area contributed by atoms with Crippen LogP contribution >= 0.6 is 0 Å². The summed E-state index contributed by atoms with van der Waals surface area (Å²) in [6.07, 6.45) is 10.2. The van der Waals surface area contributed by atoms with Gasteiger partial charge in [-0.25, -0.2) is 0 Å². The van der Waals surface area contributed by atoms with Crippen molar-refractivity contribution < 1.29 is 28.9 Å². The number of furan rings is 1. The van der Waals surface area contributed by atoms with Crippen LogP contribution in [0.3, 0.4) is 0 Å². The Labute approximate surface area is 299 Å². The number of carbonyl (C=O) groups is 1. The SMILES string of the molecule is CCCOc1c2cccc1Cc1cc(/C=C3\CC/C(=C\c4ccco4)C3=O)cc(c1O)Cc1cccc(c1OCCC)Cc1cccc(c1O)C2. The number of carbonyl (C=O) groups excluding carboxylic acids is 1. The van der Waals surface area contributed by atoms with E-state index in [1.54, 1.807) is 6.26 Å². The van der Waals surface area contributed by atoms with Crippen LogP contribution < -0.4 is 9.47 Å². The predicted octanol–water partition coefficient (Wildman–Crippen LogP) is 9.77. The molecule has 2 aliphatic carbocycles. The lowest BCUT2D eigenvalue weighted by Gasteiger charge is -2.21. The molecule has 2 N–H and O–H groups in total. The third-order valence-electron chi connectivity index (χ3n) is 9.72. The second kappa shape index (κ2) is 15.2. The maximum absolute atomic E-state index is 13.5. The molecule has 1 aromatic heterocycles. The van der Waals surface area contributed by atoms with Crippen molar-refractivity contribution in [1.82, 2.24) is 0 Å². The van der Waals surface area contributed by atoms with Gasteiger partial charge in [-0.2, -0.15) is 0 Å². The van der Waals surface area contributed by atoms with Crippen LogP contribution in [0.25, 0.3) is 12.2 Å². The molecule has 0 radical (unpaired) electrons. The van der Waals surface area contributed by atoms with Crippen LogP contribution in [0.4, 0.5) is 0 Å². The minimum absolute atomic E-state index is 0.0226. The highest BCUT2D eigenvalue weighted by Gasteiger charge is 2.25. The first-order valence-corrected chi connectivity index (χ1v) is 18.0. The Bertz CT molecular complexity index is 2010. The van der Waals surface area contributed by atoms with Crippen LogP contribution in [0, 0.1) is 0 Å². The summed E-state index contributed by atoms with van der Waals surface area (Å²) in [6, 6.07) is 25.8. The van der Waals surface area contributed by atoms with E-state index >= 15 is 0 Å². The van der Waals surface area contributed by atoms with Crippen molar-refractivity contribution in [3.8, 4) is 23.0 Å². The summed E-state index contributed by atoms with van der Waals surface area (Å²) >= 11 is 0. The van der Waals surface area contributed by atoms with Gasteiger partial charge in [-0.05, 0) is 112 Å². The van der Waals surface area contributed by atoms with E-state index in [9.17, 15) is 15.0 Å². The number of benzene rings is 4. The zero-order valence-electron chi connectivity index (χ0n) is 29.3. The van der Waals surface area contributed by atoms with Crippen LogP contribution in [0.1, 0.15) is 95.4 Å². The van der Waals surface area contributed by atoms with E-state index in [-0.39, 0.29) is 17.3 Å². The minimum atomic E-state index is 0.0226. The van der Waals surface area contributed by atoms with E-state index in [0.29, 0.717) is 57.5 Å². The Morgan fingerprint density at radius 3 is 1.53 bits per heavy atom. The normalized spacial score (nSPS) is 15.8. The summed E-state index contributed by atoms with van der Waals surface area (Å²) < 4.78 is 18.3. The summed E-state index contributed by atoms with van der Waals surface area (Å²) in [4.78, 5) is 13.5. The average Bonchev–Trinajstić information content (AvgIpc) is 3.77. The summed E-state index contributed by atoms with van der Waals surface area (Å²) in [5, 5.41) is 23.6. The van der Waals surface area contributed by atoms with Crippen LogP contribution in [-0.4, -0.2) is 29.2 Å². The molecule has 2 aliphatic rings. The number of phenolic OH excluding ortho intramolecular Hbond substituents is 2. The quantitative estimate of drug-likeness (QED) is 0.156. The van der Waals surface area contributed by atoms with Gasteiger partial charge in [0.15, 0.2) is 5.78 Å². The Balaban J connectivity index is 1.39. The van der Waals surface area contributed by atoms with Gasteiger partial charge in [0, 0.05) is 36.8 Å². The topological polar surface area (TPSA) is 89.1 Å². The molecule has 1 fully saturated rings. The second-order valence-corrected chi connectivity index (χ2v) is 13.5.